The van der Waals surface area contributed by atoms with Crippen molar-refractivity contribution >= 4 is 0 Å². The van der Waals surface area contributed by atoms with Gasteiger partial charge in [-0.3, -0.25) is 0 Å². The van der Waals surface area contributed by atoms with Crippen molar-refractivity contribution in [2.75, 3.05) is 0 Å². The van der Waals surface area contributed by atoms with Crippen LogP contribution in [0.4, 0.5) is 17.6 Å². The first-order chi connectivity index (χ1) is 13.2. The number of ether oxygens (including phenoxy) is 1. The molecular formula is C19H17F4N3O2. The molecule has 0 saturated carbocycles. The molecule has 0 saturated heterocycles. The summed E-state index contributed by atoms with van der Waals surface area (Å²) in [4.78, 5) is 0. The molecular weight excluding hydrogens is 378 g/mol. The number of rotatable bonds is 5. The number of hydrogen-bond acceptors (Lipinski definition) is 4. The van der Waals surface area contributed by atoms with Crippen LogP contribution in [0.15, 0.2) is 30.5 Å². The Hall–Kier alpha value is -3.02. The summed E-state index contributed by atoms with van der Waals surface area (Å²) in [6.45, 7) is 3.73. The number of allylic oxidation sites excluding steroid dienone is 1. The fourth-order valence-electron chi connectivity index (χ4n) is 3.27. The van der Waals surface area contributed by atoms with Crippen LogP contribution in [0.25, 0.3) is 5.69 Å². The first kappa shape index (κ1) is 19.7. The maximum atomic E-state index is 13.5. The number of benzene rings is 1. The molecule has 1 atom stereocenters. The molecule has 0 amide bonds. The van der Waals surface area contributed by atoms with Crippen molar-refractivity contribution in [3.8, 4) is 17.5 Å². The van der Waals surface area contributed by atoms with Crippen LogP contribution in [0.2, 0.25) is 0 Å². The molecule has 0 bridgehead atoms. The maximum Gasteiger partial charge on any atom is 0.435 e. The van der Waals surface area contributed by atoms with Crippen LogP contribution in [0.3, 0.4) is 0 Å². The second-order valence-electron chi connectivity index (χ2n) is 6.45. The van der Waals surface area contributed by atoms with Gasteiger partial charge in [-0.05, 0) is 31.4 Å². The van der Waals surface area contributed by atoms with Gasteiger partial charge >= 0.3 is 6.18 Å². The monoisotopic (exact) mass is 395 g/mol. The summed E-state index contributed by atoms with van der Waals surface area (Å²) in [5, 5.41) is 22.0. The van der Waals surface area contributed by atoms with Crippen molar-refractivity contribution in [2.45, 2.75) is 44.4 Å². The van der Waals surface area contributed by atoms with Crippen LogP contribution in [0.1, 0.15) is 48.7 Å². The number of aromatic nitrogens is 2. The minimum absolute atomic E-state index is 0.0145. The molecule has 1 aromatic heterocycles. The smallest absolute Gasteiger partial charge is 0.435 e. The molecule has 0 radical (unpaired) electrons. The maximum absolute atomic E-state index is 13.5. The van der Waals surface area contributed by atoms with Crippen LogP contribution in [0.5, 0.6) is 5.75 Å². The molecule has 0 spiro atoms. The highest BCUT2D eigenvalue weighted by Crippen LogP contribution is 2.42. The van der Waals surface area contributed by atoms with E-state index in [-0.39, 0.29) is 36.2 Å². The number of nitriles is 1. The second-order valence-corrected chi connectivity index (χ2v) is 6.45. The van der Waals surface area contributed by atoms with Gasteiger partial charge in [0.15, 0.2) is 17.3 Å². The molecule has 2 aromatic rings. The molecule has 1 heterocycles. The average molecular weight is 395 g/mol. The zero-order valence-electron chi connectivity index (χ0n) is 14.8. The van der Waals surface area contributed by atoms with Gasteiger partial charge in [0.25, 0.3) is 0 Å². The average Bonchev–Trinajstić information content (AvgIpc) is 3.03. The molecule has 0 aliphatic heterocycles. The first-order valence-electron chi connectivity index (χ1n) is 8.61. The van der Waals surface area contributed by atoms with Gasteiger partial charge in [0.2, 0.25) is 0 Å². The highest BCUT2D eigenvalue weighted by molar-refractivity contribution is 5.44. The van der Waals surface area contributed by atoms with Gasteiger partial charge in [-0.15, -0.1) is 0 Å². The molecule has 5 nitrogen and oxygen atoms in total. The van der Waals surface area contributed by atoms with Crippen molar-refractivity contribution in [3.63, 3.8) is 0 Å². The molecule has 1 N–H and O–H groups in total. The first-order valence-corrected chi connectivity index (χ1v) is 8.61. The molecule has 1 unspecified atom stereocenters. The van der Waals surface area contributed by atoms with E-state index in [9.17, 15) is 22.7 Å². The number of halogens is 4. The Kier molecular flexibility index (Phi) is 5.31. The van der Waals surface area contributed by atoms with Crippen molar-refractivity contribution in [2.24, 2.45) is 0 Å². The quantitative estimate of drug-likeness (QED) is 0.575. The normalized spacial score (nSPS) is 16.3. The van der Waals surface area contributed by atoms with Crippen LogP contribution < -0.4 is 0 Å². The lowest BCUT2D eigenvalue weighted by molar-refractivity contribution is -0.142. The number of alkyl halides is 3. The molecule has 1 aromatic carbocycles. The number of phenolic OH excluding ortho intramolecular Hbond substituents is 1. The molecule has 1 aliphatic carbocycles. The van der Waals surface area contributed by atoms with Gasteiger partial charge in [-0.25, -0.2) is 9.07 Å². The summed E-state index contributed by atoms with van der Waals surface area (Å²) in [6.07, 6.45) is -3.90. The highest BCUT2D eigenvalue weighted by atomic mass is 19.4. The van der Waals surface area contributed by atoms with E-state index in [2.05, 4.69) is 11.7 Å². The lowest BCUT2D eigenvalue weighted by Gasteiger charge is -2.26. The summed E-state index contributed by atoms with van der Waals surface area (Å²) >= 11 is 0. The van der Waals surface area contributed by atoms with Crippen LogP contribution >= 0.6 is 0 Å². The van der Waals surface area contributed by atoms with Gasteiger partial charge < -0.3 is 9.84 Å². The third-order valence-corrected chi connectivity index (χ3v) is 4.49. The predicted octanol–water partition coefficient (Wildman–Crippen LogP) is 4.95. The van der Waals surface area contributed by atoms with E-state index in [1.54, 1.807) is 0 Å². The molecule has 28 heavy (non-hydrogen) atoms. The SMILES string of the molecule is C=C(CCC#N)OC1CCCc2c(C(F)(F)F)nn(-c3ccc(F)c(O)c3)c21. The summed E-state index contributed by atoms with van der Waals surface area (Å²) in [6, 6.07) is 5.16. The lowest BCUT2D eigenvalue weighted by atomic mass is 9.92. The van der Waals surface area contributed by atoms with Gasteiger partial charge in [-0.2, -0.15) is 23.5 Å². The fraction of sp³-hybridized carbons (Fsp3) is 0.368. The van der Waals surface area contributed by atoms with E-state index in [4.69, 9.17) is 10.00 Å². The van der Waals surface area contributed by atoms with Gasteiger partial charge in [-0.1, -0.05) is 6.58 Å². The van der Waals surface area contributed by atoms with Gasteiger partial charge in [0.05, 0.1) is 23.2 Å². The number of nitrogens with zero attached hydrogens (tertiary/aromatic N) is 3. The molecule has 148 valence electrons. The van der Waals surface area contributed by atoms with Crippen molar-refractivity contribution in [1.29, 1.82) is 5.26 Å². The fourth-order valence-corrected chi connectivity index (χ4v) is 3.27. The Morgan fingerprint density at radius 1 is 1.43 bits per heavy atom. The summed E-state index contributed by atoms with van der Waals surface area (Å²) in [7, 11) is 0. The van der Waals surface area contributed by atoms with E-state index in [0.29, 0.717) is 18.6 Å². The number of fused-ring (bicyclic) bond motifs is 1. The summed E-state index contributed by atoms with van der Waals surface area (Å²) < 4.78 is 60.8. The minimum atomic E-state index is -4.67. The standard InChI is InChI=1S/C19H17F4N3O2/c1-11(4-3-9-24)28-16-6-2-5-13-17(16)26(25-18(13)19(21,22)23)12-7-8-14(20)15(27)10-12/h7-8,10,16,27H,1-6H2. The Labute approximate surface area is 158 Å². The molecule has 9 heteroatoms. The van der Waals surface area contributed by atoms with Crippen LogP contribution in [-0.4, -0.2) is 14.9 Å². The van der Waals surface area contributed by atoms with Gasteiger partial charge in [0.1, 0.15) is 6.10 Å². The Bertz CT molecular complexity index is 944. The van der Waals surface area contributed by atoms with E-state index in [0.717, 1.165) is 16.8 Å². The molecule has 3 rings (SSSR count). The van der Waals surface area contributed by atoms with E-state index in [1.807, 2.05) is 6.07 Å². The molecule has 1 aliphatic rings. The Morgan fingerprint density at radius 3 is 2.82 bits per heavy atom. The molecule has 0 fully saturated rings. The zero-order valence-corrected chi connectivity index (χ0v) is 14.8. The number of aromatic hydroxyl groups is 1. The lowest BCUT2D eigenvalue weighted by Crippen LogP contribution is -2.17. The summed E-state index contributed by atoms with van der Waals surface area (Å²) in [5.41, 5.74) is -0.727. The third kappa shape index (κ3) is 3.81. The van der Waals surface area contributed by atoms with Crippen molar-refractivity contribution < 1.29 is 27.4 Å². The largest absolute Gasteiger partial charge is 0.505 e. The van der Waals surface area contributed by atoms with Crippen LogP contribution in [0, 0.1) is 17.1 Å². The van der Waals surface area contributed by atoms with Crippen LogP contribution in [-0.2, 0) is 17.3 Å². The van der Waals surface area contributed by atoms with E-state index < -0.39 is 29.5 Å². The number of hydrogen-bond donors (Lipinski definition) is 1. The minimum Gasteiger partial charge on any atom is -0.505 e. The predicted molar refractivity (Wildman–Crippen MR) is 90.9 cm³/mol. The zero-order chi connectivity index (χ0) is 20.5. The number of phenols is 1. The van der Waals surface area contributed by atoms with Crippen molar-refractivity contribution in [3.05, 3.63) is 53.3 Å². The summed E-state index contributed by atoms with van der Waals surface area (Å²) in [5.74, 6) is -1.29. The third-order valence-electron chi connectivity index (χ3n) is 4.49. The Morgan fingerprint density at radius 2 is 2.18 bits per heavy atom. The topological polar surface area (TPSA) is 71.1 Å². The Balaban J connectivity index is 2.10. The van der Waals surface area contributed by atoms with Crippen molar-refractivity contribution in [1.82, 2.24) is 9.78 Å². The highest BCUT2D eigenvalue weighted by Gasteiger charge is 2.42. The van der Waals surface area contributed by atoms with Gasteiger partial charge in [0, 0.05) is 24.5 Å². The van der Waals surface area contributed by atoms with E-state index >= 15 is 0 Å². The second kappa shape index (κ2) is 7.54. The van der Waals surface area contributed by atoms with E-state index in [1.165, 1.54) is 6.07 Å².